The van der Waals surface area contributed by atoms with E-state index in [1.807, 2.05) is 13.8 Å². The van der Waals surface area contributed by atoms with Gasteiger partial charge in [0, 0.05) is 10.1 Å². The minimum absolute atomic E-state index is 0.186. The van der Waals surface area contributed by atoms with E-state index in [0.717, 1.165) is 13.0 Å². The number of fused-ring (bicyclic) bond motifs is 1. The smallest absolute Gasteiger partial charge is 0.410 e. The molecule has 1 aliphatic heterocycles. The third-order valence-corrected chi connectivity index (χ3v) is 4.02. The second-order valence-electron chi connectivity index (χ2n) is 5.02. The minimum Gasteiger partial charge on any atom is -0.449 e. The van der Waals surface area contributed by atoms with Gasteiger partial charge in [-0.15, -0.1) is 0 Å². The molecule has 0 spiro atoms. The van der Waals surface area contributed by atoms with Gasteiger partial charge >= 0.3 is 6.09 Å². The van der Waals surface area contributed by atoms with Gasteiger partial charge in [0.05, 0.1) is 13.2 Å². The fourth-order valence-electron chi connectivity index (χ4n) is 2.03. The lowest BCUT2D eigenvalue weighted by molar-refractivity contribution is 0.0878. The number of nitrogens with zero attached hydrogens (tertiary/aromatic N) is 1. The van der Waals surface area contributed by atoms with E-state index in [0.29, 0.717) is 19.1 Å². The number of carbonyl (C=O) groups is 1. The van der Waals surface area contributed by atoms with Crippen molar-refractivity contribution < 1.29 is 9.53 Å². The Morgan fingerprint density at radius 1 is 1.50 bits per heavy atom. The average molecular weight is 359 g/mol. The molecule has 0 saturated heterocycles. The van der Waals surface area contributed by atoms with Crippen LogP contribution in [0, 0.1) is 9.49 Å². The number of amides is 1. The molecule has 4 heteroatoms. The number of carbonyl (C=O) groups excluding carboxylic acids is 1. The molecule has 0 radical (unpaired) electrons. The Morgan fingerprint density at radius 3 is 3.00 bits per heavy atom. The van der Waals surface area contributed by atoms with Crippen molar-refractivity contribution >= 4 is 28.7 Å². The van der Waals surface area contributed by atoms with E-state index in [-0.39, 0.29) is 6.09 Å². The van der Waals surface area contributed by atoms with Crippen molar-refractivity contribution in [1.29, 1.82) is 0 Å². The molecule has 1 aromatic rings. The molecule has 0 atom stereocenters. The van der Waals surface area contributed by atoms with Crippen LogP contribution in [0.15, 0.2) is 18.2 Å². The predicted molar refractivity (Wildman–Crippen MR) is 79.5 cm³/mol. The van der Waals surface area contributed by atoms with Crippen LogP contribution in [-0.2, 0) is 17.7 Å². The zero-order valence-electron chi connectivity index (χ0n) is 10.8. The lowest BCUT2D eigenvalue weighted by Gasteiger charge is -2.29. The second kappa shape index (κ2) is 5.91. The first-order chi connectivity index (χ1) is 8.58. The highest BCUT2D eigenvalue weighted by Gasteiger charge is 2.23. The summed E-state index contributed by atoms with van der Waals surface area (Å²) in [5.74, 6) is 0.381. The molecular weight excluding hydrogens is 341 g/mol. The van der Waals surface area contributed by atoms with Crippen LogP contribution in [0.1, 0.15) is 25.0 Å². The summed E-state index contributed by atoms with van der Waals surface area (Å²) in [6.45, 7) is 6.01. The standard InChI is InChI=1S/C14H18INO2/c1-10(2)9-18-14(17)16-7-6-11-4-3-5-13(15)12(11)8-16/h3-5,10H,6-9H2,1-2H3. The Balaban J connectivity index is 2.03. The first kappa shape index (κ1) is 13.6. The van der Waals surface area contributed by atoms with Gasteiger partial charge in [-0.1, -0.05) is 26.0 Å². The van der Waals surface area contributed by atoms with Gasteiger partial charge in [-0.05, 0) is 52.1 Å². The summed E-state index contributed by atoms with van der Waals surface area (Å²) in [5.41, 5.74) is 2.63. The van der Waals surface area contributed by atoms with Gasteiger partial charge in [0.15, 0.2) is 0 Å². The fraction of sp³-hybridized carbons (Fsp3) is 0.500. The summed E-state index contributed by atoms with van der Waals surface area (Å²) in [7, 11) is 0. The highest BCUT2D eigenvalue weighted by molar-refractivity contribution is 14.1. The van der Waals surface area contributed by atoms with E-state index < -0.39 is 0 Å². The van der Waals surface area contributed by atoms with E-state index in [9.17, 15) is 4.79 Å². The van der Waals surface area contributed by atoms with E-state index in [1.54, 1.807) is 4.90 Å². The largest absolute Gasteiger partial charge is 0.449 e. The molecule has 0 N–H and O–H groups in total. The Kier molecular flexibility index (Phi) is 4.48. The number of hydrogen-bond donors (Lipinski definition) is 0. The lowest BCUT2D eigenvalue weighted by atomic mass is 10.0. The van der Waals surface area contributed by atoms with Crippen LogP contribution in [0.3, 0.4) is 0 Å². The number of ether oxygens (including phenoxy) is 1. The van der Waals surface area contributed by atoms with Crippen LogP contribution in [0.2, 0.25) is 0 Å². The van der Waals surface area contributed by atoms with Gasteiger partial charge in [-0.2, -0.15) is 0 Å². The second-order valence-corrected chi connectivity index (χ2v) is 6.18. The van der Waals surface area contributed by atoms with Crippen molar-refractivity contribution in [2.24, 2.45) is 5.92 Å². The molecule has 1 heterocycles. The van der Waals surface area contributed by atoms with Crippen molar-refractivity contribution in [2.75, 3.05) is 13.2 Å². The van der Waals surface area contributed by atoms with Crippen molar-refractivity contribution in [1.82, 2.24) is 4.90 Å². The van der Waals surface area contributed by atoms with Crippen molar-refractivity contribution in [3.05, 3.63) is 32.9 Å². The van der Waals surface area contributed by atoms with E-state index >= 15 is 0 Å². The summed E-state index contributed by atoms with van der Waals surface area (Å²) in [4.78, 5) is 13.7. The quantitative estimate of drug-likeness (QED) is 0.758. The van der Waals surface area contributed by atoms with E-state index in [2.05, 4.69) is 40.8 Å². The van der Waals surface area contributed by atoms with Gasteiger partial charge < -0.3 is 9.64 Å². The van der Waals surface area contributed by atoms with E-state index in [4.69, 9.17) is 4.74 Å². The summed E-state index contributed by atoms with van der Waals surface area (Å²) in [6.07, 6.45) is 0.733. The zero-order valence-corrected chi connectivity index (χ0v) is 12.9. The number of halogens is 1. The Morgan fingerprint density at radius 2 is 2.28 bits per heavy atom. The number of hydrogen-bond acceptors (Lipinski definition) is 2. The molecule has 0 bridgehead atoms. The minimum atomic E-state index is -0.186. The van der Waals surface area contributed by atoms with Crippen molar-refractivity contribution in [3.63, 3.8) is 0 Å². The SMILES string of the molecule is CC(C)COC(=O)N1CCc2cccc(I)c2C1. The molecule has 98 valence electrons. The molecule has 18 heavy (non-hydrogen) atoms. The average Bonchev–Trinajstić information content (AvgIpc) is 2.36. The lowest BCUT2D eigenvalue weighted by Crippen LogP contribution is -2.37. The third kappa shape index (κ3) is 3.16. The van der Waals surface area contributed by atoms with Crippen LogP contribution in [-0.4, -0.2) is 24.1 Å². The fourth-order valence-corrected chi connectivity index (χ4v) is 2.75. The third-order valence-electron chi connectivity index (χ3n) is 3.01. The number of benzene rings is 1. The summed E-state index contributed by atoms with van der Waals surface area (Å²) in [6, 6.07) is 6.31. The molecule has 0 aromatic heterocycles. The van der Waals surface area contributed by atoms with E-state index in [1.165, 1.54) is 14.7 Å². The van der Waals surface area contributed by atoms with Crippen molar-refractivity contribution in [3.8, 4) is 0 Å². The van der Waals surface area contributed by atoms with Gasteiger partial charge in [0.1, 0.15) is 0 Å². The van der Waals surface area contributed by atoms with Crippen molar-refractivity contribution in [2.45, 2.75) is 26.8 Å². The zero-order chi connectivity index (χ0) is 13.1. The topological polar surface area (TPSA) is 29.5 Å². The molecule has 0 saturated carbocycles. The van der Waals surface area contributed by atoms with Gasteiger partial charge in [0.2, 0.25) is 0 Å². The monoisotopic (exact) mass is 359 g/mol. The van der Waals surface area contributed by atoms with Crippen LogP contribution in [0.4, 0.5) is 4.79 Å². The maximum Gasteiger partial charge on any atom is 0.410 e. The highest BCUT2D eigenvalue weighted by Crippen LogP contribution is 2.24. The van der Waals surface area contributed by atoms with Gasteiger partial charge in [-0.3, -0.25) is 0 Å². The summed E-state index contributed by atoms with van der Waals surface area (Å²) >= 11 is 2.33. The van der Waals surface area contributed by atoms with Gasteiger partial charge in [0.25, 0.3) is 0 Å². The van der Waals surface area contributed by atoms with Crippen LogP contribution in [0.25, 0.3) is 0 Å². The molecule has 2 rings (SSSR count). The Hall–Kier alpha value is -0.780. The van der Waals surface area contributed by atoms with Gasteiger partial charge in [-0.25, -0.2) is 4.79 Å². The molecule has 0 unspecified atom stereocenters. The Bertz CT molecular complexity index is 445. The predicted octanol–water partition coefficient (Wildman–Crippen LogP) is 3.44. The Labute approximate surface area is 122 Å². The molecule has 0 fully saturated rings. The summed E-state index contributed by atoms with van der Waals surface area (Å²) < 4.78 is 6.51. The molecule has 1 aromatic carbocycles. The maximum atomic E-state index is 11.9. The number of rotatable bonds is 2. The first-order valence-electron chi connectivity index (χ1n) is 6.26. The normalized spacial score (nSPS) is 14.6. The van der Waals surface area contributed by atoms with Crippen LogP contribution < -0.4 is 0 Å². The van der Waals surface area contributed by atoms with Crippen LogP contribution >= 0.6 is 22.6 Å². The molecule has 0 aliphatic carbocycles. The summed E-state index contributed by atoms with van der Waals surface area (Å²) in [5, 5.41) is 0. The first-order valence-corrected chi connectivity index (χ1v) is 7.33. The molecule has 1 amide bonds. The molecule has 3 nitrogen and oxygen atoms in total. The van der Waals surface area contributed by atoms with Crippen LogP contribution in [0.5, 0.6) is 0 Å². The molecular formula is C14H18INO2. The maximum absolute atomic E-state index is 11.9. The highest BCUT2D eigenvalue weighted by atomic mass is 127. The molecule has 1 aliphatic rings.